The molecule has 1 aromatic carbocycles. The number of aromatic hydroxyl groups is 1. The van der Waals surface area contributed by atoms with Crippen molar-refractivity contribution >= 4 is 5.97 Å². The second-order valence-corrected chi connectivity index (χ2v) is 6.81. The number of hydrogen-bond donors (Lipinski definition) is 4. The summed E-state index contributed by atoms with van der Waals surface area (Å²) in [6.07, 6.45) is 1.52. The van der Waals surface area contributed by atoms with E-state index in [9.17, 15) is 19.8 Å². The van der Waals surface area contributed by atoms with Crippen molar-refractivity contribution in [1.82, 2.24) is 10.2 Å². The Hall–Kier alpha value is -3.00. The minimum Gasteiger partial charge on any atom is -0.504 e. The average Bonchev–Trinajstić information content (AvgIpc) is 2.98. The highest BCUT2D eigenvalue weighted by Gasteiger charge is 2.51. The molecule has 0 saturated carbocycles. The second kappa shape index (κ2) is 6.96. The Morgan fingerprint density at radius 1 is 1.44 bits per heavy atom. The number of phenols is 1. The standard InChI is InChI=1S/C19H22N2O6/c1-4-7-27-18(24)16-14(10-5-6-12(22)13(8-10)26-3)15-11(9-19(16,2)25)20-21-17(15)23/h4-6,8,14,16,22,25H,1,7,9H2,2-3H3,(H2,20,21,23)/t14-,16+,19-/m0/s1. The molecule has 0 radical (unpaired) electrons. The molecule has 0 spiro atoms. The SMILES string of the molecule is C=CCOC(=O)[C@H]1[C@@H](c2ccc(O)c(OC)c2)c2c([nH][nH]c2=O)C[C@]1(C)O. The Morgan fingerprint density at radius 2 is 2.19 bits per heavy atom. The van der Waals surface area contributed by atoms with Gasteiger partial charge in [-0.25, -0.2) is 0 Å². The smallest absolute Gasteiger partial charge is 0.313 e. The fourth-order valence-corrected chi connectivity index (χ4v) is 3.73. The highest BCUT2D eigenvalue weighted by Crippen LogP contribution is 2.45. The van der Waals surface area contributed by atoms with Crippen LogP contribution in [-0.2, 0) is 16.0 Å². The van der Waals surface area contributed by atoms with Crippen LogP contribution in [0.5, 0.6) is 11.5 Å². The van der Waals surface area contributed by atoms with Gasteiger partial charge in [0.1, 0.15) is 6.61 Å². The molecule has 27 heavy (non-hydrogen) atoms. The van der Waals surface area contributed by atoms with Gasteiger partial charge in [0.15, 0.2) is 11.5 Å². The summed E-state index contributed by atoms with van der Waals surface area (Å²) >= 11 is 0. The van der Waals surface area contributed by atoms with Gasteiger partial charge in [-0.3, -0.25) is 14.7 Å². The van der Waals surface area contributed by atoms with Crippen LogP contribution in [0.2, 0.25) is 0 Å². The van der Waals surface area contributed by atoms with Gasteiger partial charge in [-0.1, -0.05) is 18.7 Å². The fourth-order valence-electron chi connectivity index (χ4n) is 3.73. The fraction of sp³-hybridized carbons (Fsp3) is 0.368. The maximum absolute atomic E-state index is 12.8. The van der Waals surface area contributed by atoms with Crippen molar-refractivity contribution in [2.45, 2.75) is 24.9 Å². The number of ether oxygens (including phenoxy) is 2. The summed E-state index contributed by atoms with van der Waals surface area (Å²) in [4.78, 5) is 25.2. The number of nitrogens with one attached hydrogen (secondary N) is 2. The summed E-state index contributed by atoms with van der Waals surface area (Å²) in [6.45, 7) is 5.05. The summed E-state index contributed by atoms with van der Waals surface area (Å²) in [7, 11) is 1.40. The molecular weight excluding hydrogens is 352 g/mol. The van der Waals surface area contributed by atoms with Crippen LogP contribution in [0.4, 0.5) is 0 Å². The molecule has 1 aliphatic rings. The number of esters is 1. The first-order chi connectivity index (χ1) is 12.8. The van der Waals surface area contributed by atoms with Crippen LogP contribution < -0.4 is 10.3 Å². The largest absolute Gasteiger partial charge is 0.504 e. The van der Waals surface area contributed by atoms with Crippen LogP contribution >= 0.6 is 0 Å². The lowest BCUT2D eigenvalue weighted by molar-refractivity contribution is -0.158. The number of benzene rings is 1. The lowest BCUT2D eigenvalue weighted by Gasteiger charge is -2.40. The van der Waals surface area contributed by atoms with Crippen LogP contribution in [0, 0.1) is 5.92 Å². The molecular formula is C19H22N2O6. The van der Waals surface area contributed by atoms with Crippen molar-refractivity contribution in [3.8, 4) is 11.5 Å². The van der Waals surface area contributed by atoms with Crippen LogP contribution in [0.3, 0.4) is 0 Å². The molecule has 0 unspecified atom stereocenters. The predicted molar refractivity (Wildman–Crippen MR) is 96.9 cm³/mol. The average molecular weight is 374 g/mol. The molecule has 0 bridgehead atoms. The van der Waals surface area contributed by atoms with Crippen molar-refractivity contribution in [2.75, 3.05) is 13.7 Å². The molecule has 0 fully saturated rings. The van der Waals surface area contributed by atoms with Gasteiger partial charge >= 0.3 is 5.97 Å². The zero-order chi connectivity index (χ0) is 19.8. The molecule has 2 aromatic rings. The van der Waals surface area contributed by atoms with E-state index >= 15 is 0 Å². The highest BCUT2D eigenvalue weighted by atomic mass is 16.5. The number of rotatable bonds is 5. The molecule has 0 amide bonds. The first kappa shape index (κ1) is 18.8. The van der Waals surface area contributed by atoms with E-state index in [-0.39, 0.29) is 30.1 Å². The van der Waals surface area contributed by atoms with E-state index in [1.165, 1.54) is 26.2 Å². The lowest BCUT2D eigenvalue weighted by atomic mass is 9.66. The zero-order valence-corrected chi connectivity index (χ0v) is 15.1. The van der Waals surface area contributed by atoms with Crippen molar-refractivity contribution in [3.63, 3.8) is 0 Å². The van der Waals surface area contributed by atoms with Gasteiger partial charge in [0.05, 0.1) is 18.6 Å². The quantitative estimate of drug-likeness (QED) is 0.460. The Kier molecular flexibility index (Phi) is 4.84. The summed E-state index contributed by atoms with van der Waals surface area (Å²) in [5.74, 6) is -2.33. The molecule has 1 aromatic heterocycles. The van der Waals surface area contributed by atoms with Gasteiger partial charge < -0.3 is 24.8 Å². The predicted octanol–water partition coefficient (Wildman–Crippen LogP) is 1.20. The number of carbonyl (C=O) groups excluding carboxylic acids is 1. The number of aliphatic hydroxyl groups is 1. The molecule has 3 atom stereocenters. The third kappa shape index (κ3) is 3.23. The van der Waals surface area contributed by atoms with Gasteiger partial charge in [0.25, 0.3) is 5.56 Å². The molecule has 1 heterocycles. The zero-order valence-electron chi connectivity index (χ0n) is 15.1. The summed E-state index contributed by atoms with van der Waals surface area (Å²) in [5.41, 5.74) is -0.424. The van der Waals surface area contributed by atoms with Crippen LogP contribution in [0.1, 0.15) is 29.7 Å². The number of methoxy groups -OCH3 is 1. The highest BCUT2D eigenvalue weighted by molar-refractivity contribution is 5.77. The maximum atomic E-state index is 12.8. The Morgan fingerprint density at radius 3 is 2.85 bits per heavy atom. The number of phenolic OH excluding ortho intramolecular Hbond substituents is 1. The van der Waals surface area contributed by atoms with Crippen molar-refractivity contribution in [1.29, 1.82) is 0 Å². The van der Waals surface area contributed by atoms with Crippen molar-refractivity contribution < 1.29 is 24.5 Å². The van der Waals surface area contributed by atoms with E-state index < -0.39 is 23.4 Å². The molecule has 4 N–H and O–H groups in total. The molecule has 144 valence electrons. The van der Waals surface area contributed by atoms with E-state index in [1.807, 2.05) is 0 Å². The Labute approximate surface area is 155 Å². The van der Waals surface area contributed by atoms with E-state index in [1.54, 1.807) is 12.1 Å². The lowest BCUT2D eigenvalue weighted by Crippen LogP contribution is -2.50. The van der Waals surface area contributed by atoms with Crippen LogP contribution in [0.15, 0.2) is 35.6 Å². The third-order valence-corrected chi connectivity index (χ3v) is 4.91. The molecule has 0 aliphatic heterocycles. The van der Waals surface area contributed by atoms with E-state index in [0.717, 1.165) is 0 Å². The van der Waals surface area contributed by atoms with Gasteiger partial charge in [-0.15, -0.1) is 0 Å². The first-order valence-electron chi connectivity index (χ1n) is 8.46. The monoisotopic (exact) mass is 374 g/mol. The number of aromatic amines is 2. The number of fused-ring (bicyclic) bond motifs is 1. The first-order valence-corrected chi connectivity index (χ1v) is 8.46. The Bertz CT molecular complexity index is 927. The van der Waals surface area contributed by atoms with Gasteiger partial charge in [-0.05, 0) is 24.6 Å². The normalized spacial score (nSPS) is 24.1. The molecule has 1 aliphatic carbocycles. The molecule has 0 saturated heterocycles. The number of aromatic nitrogens is 2. The minimum absolute atomic E-state index is 0.00656. The molecule has 3 rings (SSSR count). The van der Waals surface area contributed by atoms with E-state index in [2.05, 4.69) is 16.8 Å². The van der Waals surface area contributed by atoms with Crippen molar-refractivity contribution in [2.24, 2.45) is 5.92 Å². The summed E-state index contributed by atoms with van der Waals surface area (Å²) in [5, 5.41) is 26.2. The van der Waals surface area contributed by atoms with Gasteiger partial charge in [-0.2, -0.15) is 0 Å². The van der Waals surface area contributed by atoms with Gasteiger partial charge in [0, 0.05) is 23.6 Å². The van der Waals surface area contributed by atoms with Crippen LogP contribution in [0.25, 0.3) is 0 Å². The number of carbonyl (C=O) groups is 1. The van der Waals surface area contributed by atoms with E-state index in [4.69, 9.17) is 9.47 Å². The topological polar surface area (TPSA) is 125 Å². The Balaban J connectivity index is 2.20. The second-order valence-electron chi connectivity index (χ2n) is 6.81. The maximum Gasteiger partial charge on any atom is 0.313 e. The summed E-state index contributed by atoms with van der Waals surface area (Å²) in [6, 6.07) is 4.56. The van der Waals surface area contributed by atoms with Gasteiger partial charge in [0.2, 0.25) is 0 Å². The van der Waals surface area contributed by atoms with Crippen LogP contribution in [-0.4, -0.2) is 45.7 Å². The number of hydrogen-bond acceptors (Lipinski definition) is 6. The molecule has 8 heteroatoms. The summed E-state index contributed by atoms with van der Waals surface area (Å²) < 4.78 is 10.4. The number of H-pyrrole nitrogens is 2. The van der Waals surface area contributed by atoms with E-state index in [0.29, 0.717) is 16.8 Å². The molecule has 8 nitrogen and oxygen atoms in total. The third-order valence-electron chi connectivity index (χ3n) is 4.91. The van der Waals surface area contributed by atoms with Crippen molar-refractivity contribution in [3.05, 3.63) is 58.0 Å². The minimum atomic E-state index is -1.47.